The van der Waals surface area contributed by atoms with Gasteiger partial charge in [-0.25, -0.2) is 4.79 Å². The number of aliphatic carboxylic acids is 1. The number of H-pyrrole nitrogens is 1. The Morgan fingerprint density at radius 3 is 1.79 bits per heavy atom. The summed E-state index contributed by atoms with van der Waals surface area (Å²) in [7, 11) is 0. The number of rotatable bonds is 26. The van der Waals surface area contributed by atoms with E-state index in [0.29, 0.717) is 17.5 Å². The molecule has 1 saturated heterocycles. The van der Waals surface area contributed by atoms with Gasteiger partial charge in [-0.2, -0.15) is 0 Å². The van der Waals surface area contributed by atoms with E-state index in [4.69, 9.17) is 5.73 Å². The second-order valence-electron chi connectivity index (χ2n) is 20.3. The molecule has 1 fully saturated rings. The maximum Gasteiger partial charge on any atom is 0.326 e. The number of amides is 8. The topological polar surface area (TPSA) is 303 Å². The summed E-state index contributed by atoms with van der Waals surface area (Å²) in [5, 5.41) is 29.4. The number of carbonyl (C=O) groups excluding carboxylic acids is 8. The van der Waals surface area contributed by atoms with Crippen molar-refractivity contribution in [2.45, 2.75) is 149 Å². The molecule has 1 aliphatic heterocycles. The molecule has 0 unspecified atom stereocenters. The summed E-state index contributed by atoms with van der Waals surface area (Å²) < 4.78 is 0. The van der Waals surface area contributed by atoms with Crippen LogP contribution in [-0.4, -0.2) is 130 Å². The zero-order chi connectivity index (χ0) is 53.4. The maximum atomic E-state index is 14.6. The van der Waals surface area contributed by atoms with Crippen LogP contribution in [0.25, 0.3) is 10.9 Å². The molecule has 20 nitrogen and oxygen atoms in total. The fraction of sp³-hybridized carbons (Fsp3) is 0.558. The highest BCUT2D eigenvalue weighted by Crippen LogP contribution is 2.22. The van der Waals surface area contributed by atoms with Crippen molar-refractivity contribution >= 4 is 64.1 Å². The molecular formula is C52H76N10O10. The van der Waals surface area contributed by atoms with Crippen LogP contribution in [0.4, 0.5) is 0 Å². The average Bonchev–Trinajstić information content (AvgIpc) is 3.98. The van der Waals surface area contributed by atoms with Crippen LogP contribution in [0.15, 0.2) is 60.8 Å². The average molecular weight is 1000 g/mol. The Bertz CT molecular complexity index is 2370. The lowest BCUT2D eigenvalue weighted by molar-refractivity contribution is -0.144. The van der Waals surface area contributed by atoms with E-state index in [1.54, 1.807) is 64.2 Å². The highest BCUT2D eigenvalue weighted by molar-refractivity contribution is 5.98. The van der Waals surface area contributed by atoms with Gasteiger partial charge in [-0.3, -0.25) is 38.4 Å². The van der Waals surface area contributed by atoms with Crippen LogP contribution in [-0.2, 0) is 56.0 Å². The van der Waals surface area contributed by atoms with Gasteiger partial charge in [0.15, 0.2) is 0 Å². The summed E-state index contributed by atoms with van der Waals surface area (Å²) in [5.41, 5.74) is 8.01. The molecule has 1 aromatic heterocycles. The van der Waals surface area contributed by atoms with E-state index in [-0.39, 0.29) is 50.5 Å². The molecule has 8 amide bonds. The van der Waals surface area contributed by atoms with Gasteiger partial charge < -0.3 is 57.9 Å². The van der Waals surface area contributed by atoms with Crippen LogP contribution in [0.5, 0.6) is 0 Å². The number of aromatic nitrogens is 1. The van der Waals surface area contributed by atoms with Gasteiger partial charge in [0.25, 0.3) is 0 Å². The Hall–Kier alpha value is -6.83. The van der Waals surface area contributed by atoms with Gasteiger partial charge in [-0.05, 0) is 73.5 Å². The molecule has 0 aliphatic carbocycles. The second-order valence-corrected chi connectivity index (χ2v) is 20.3. The number of hydrogen-bond donors (Lipinski definition) is 10. The van der Waals surface area contributed by atoms with Crippen molar-refractivity contribution in [3.8, 4) is 0 Å². The molecule has 72 heavy (non-hydrogen) atoms. The van der Waals surface area contributed by atoms with E-state index in [2.05, 4.69) is 42.2 Å². The molecule has 8 atom stereocenters. The minimum atomic E-state index is -1.20. The molecule has 0 radical (unpaired) electrons. The van der Waals surface area contributed by atoms with Crippen LogP contribution in [0.1, 0.15) is 99.1 Å². The van der Waals surface area contributed by atoms with E-state index in [0.717, 1.165) is 10.9 Å². The summed E-state index contributed by atoms with van der Waals surface area (Å²) in [5.74, 6) is -7.29. The SMILES string of the molecule is CC(C)C[C@H](NC(=O)[C@@H](NC(=O)[C@@H]1CCCN1C(=O)[C@H](Cc1ccccc1)NC(=O)[C@@H](NC(=O)CNC(=O)[C@H](Cc1c[nH]c2ccccc12)NC(=O)[C@H](CC(C)C)NC(=O)[C@H](C)N)C(C)C)C(C)C)C(=O)O. The molecule has 0 bridgehead atoms. The number of benzene rings is 2. The number of para-hydroxylation sites is 1. The molecule has 3 aromatic rings. The largest absolute Gasteiger partial charge is 0.480 e. The van der Waals surface area contributed by atoms with E-state index >= 15 is 0 Å². The standard InChI is InChI=1S/C52H76N10O10/c1-28(2)22-37(56-45(64)32(9)53)47(66)57-38(25-34-26-54-36-19-14-13-18-35(34)36)46(65)55-27-42(63)60-43(30(5)6)49(68)58-39(24-33-16-11-10-12-17-33)51(70)62-21-15-20-41(62)48(67)61-44(31(7)8)50(69)59-40(52(71)72)23-29(3)4/h10-14,16-19,26,28-32,37-41,43-44,54H,15,20-25,27,53H2,1-9H3,(H,55,65)(H,56,64)(H,57,66)(H,58,68)(H,59,69)(H,60,63)(H,61,67)(H,71,72)/t32-,37-,38-,39-,40-,41-,43-,44-/m0/s1. The first-order chi connectivity index (χ1) is 34.0. The number of aromatic amines is 1. The number of carboxylic acids is 1. The number of carboxylic acid groups (broad SMARTS) is 1. The smallest absolute Gasteiger partial charge is 0.326 e. The summed E-state index contributed by atoms with van der Waals surface area (Å²) in [6, 6.07) is 7.61. The quantitative estimate of drug-likeness (QED) is 0.0553. The third-order valence-corrected chi connectivity index (χ3v) is 12.5. The zero-order valence-electron chi connectivity index (χ0n) is 43.0. The van der Waals surface area contributed by atoms with Crippen LogP contribution in [0.2, 0.25) is 0 Å². The van der Waals surface area contributed by atoms with Crippen molar-refractivity contribution in [2.24, 2.45) is 29.4 Å². The van der Waals surface area contributed by atoms with Gasteiger partial charge in [0, 0.05) is 36.5 Å². The molecule has 4 rings (SSSR count). The number of nitrogens with two attached hydrogens (primary N) is 1. The fourth-order valence-corrected chi connectivity index (χ4v) is 8.61. The maximum absolute atomic E-state index is 14.6. The van der Waals surface area contributed by atoms with Crippen LogP contribution in [0, 0.1) is 23.7 Å². The molecule has 11 N–H and O–H groups in total. The fourth-order valence-electron chi connectivity index (χ4n) is 8.61. The molecule has 394 valence electrons. The normalized spacial score (nSPS) is 16.5. The minimum absolute atomic E-state index is 0.0128. The van der Waals surface area contributed by atoms with Gasteiger partial charge >= 0.3 is 5.97 Å². The van der Waals surface area contributed by atoms with Crippen molar-refractivity contribution in [1.29, 1.82) is 0 Å². The number of carbonyl (C=O) groups is 9. The predicted molar refractivity (Wildman–Crippen MR) is 271 cm³/mol. The predicted octanol–water partition coefficient (Wildman–Crippen LogP) is 1.81. The summed E-state index contributed by atoms with van der Waals surface area (Å²) in [6.45, 7) is 15.3. The summed E-state index contributed by atoms with van der Waals surface area (Å²) in [4.78, 5) is 127. The molecule has 20 heteroatoms. The first-order valence-electron chi connectivity index (χ1n) is 24.9. The first-order valence-corrected chi connectivity index (χ1v) is 24.9. The van der Waals surface area contributed by atoms with Gasteiger partial charge in [0.2, 0.25) is 47.3 Å². The van der Waals surface area contributed by atoms with E-state index in [9.17, 15) is 48.3 Å². The highest BCUT2D eigenvalue weighted by atomic mass is 16.4. The molecule has 2 aromatic carbocycles. The van der Waals surface area contributed by atoms with Crippen molar-refractivity contribution in [2.75, 3.05) is 13.1 Å². The Balaban J connectivity index is 1.50. The lowest BCUT2D eigenvalue weighted by Gasteiger charge is -2.32. The molecular weight excluding hydrogens is 925 g/mol. The zero-order valence-corrected chi connectivity index (χ0v) is 43.0. The van der Waals surface area contributed by atoms with Crippen molar-refractivity contribution in [3.05, 3.63) is 71.9 Å². The summed E-state index contributed by atoms with van der Waals surface area (Å²) >= 11 is 0. The molecule has 1 aliphatic rings. The van der Waals surface area contributed by atoms with Crippen molar-refractivity contribution in [1.82, 2.24) is 47.1 Å². The highest BCUT2D eigenvalue weighted by Gasteiger charge is 2.41. The third kappa shape index (κ3) is 16.9. The van der Waals surface area contributed by atoms with Gasteiger partial charge in [0.1, 0.15) is 42.3 Å². The number of fused-ring (bicyclic) bond motifs is 1. The van der Waals surface area contributed by atoms with Crippen LogP contribution in [0.3, 0.4) is 0 Å². The van der Waals surface area contributed by atoms with E-state index in [1.807, 2.05) is 52.0 Å². The number of likely N-dealkylation sites (tertiary alicyclic amines) is 1. The molecule has 2 heterocycles. The number of hydrogen-bond acceptors (Lipinski definition) is 10. The van der Waals surface area contributed by atoms with Crippen molar-refractivity contribution < 1.29 is 48.3 Å². The lowest BCUT2D eigenvalue weighted by atomic mass is 9.99. The number of nitrogens with one attached hydrogen (secondary N) is 8. The third-order valence-electron chi connectivity index (χ3n) is 12.5. The van der Waals surface area contributed by atoms with E-state index in [1.165, 1.54) is 11.8 Å². The Labute approximate surface area is 421 Å². The van der Waals surface area contributed by atoms with Crippen LogP contribution >= 0.6 is 0 Å². The molecule has 0 saturated carbocycles. The second kappa shape index (κ2) is 27.1. The lowest BCUT2D eigenvalue weighted by Crippen LogP contribution is -2.60. The van der Waals surface area contributed by atoms with Gasteiger partial charge in [-0.1, -0.05) is 104 Å². The Morgan fingerprint density at radius 2 is 1.19 bits per heavy atom. The monoisotopic (exact) mass is 1000 g/mol. The Morgan fingerprint density at radius 1 is 0.639 bits per heavy atom. The van der Waals surface area contributed by atoms with Crippen molar-refractivity contribution in [3.63, 3.8) is 0 Å². The van der Waals surface area contributed by atoms with E-state index < -0.39 is 120 Å². The molecule has 0 spiro atoms. The minimum Gasteiger partial charge on any atom is -0.480 e. The summed E-state index contributed by atoms with van der Waals surface area (Å²) in [6.07, 6.45) is 2.95. The Kier molecular flexibility index (Phi) is 21.8. The number of nitrogens with zero attached hydrogens (tertiary/aromatic N) is 1. The van der Waals surface area contributed by atoms with Gasteiger partial charge in [-0.15, -0.1) is 0 Å². The van der Waals surface area contributed by atoms with Crippen LogP contribution < -0.4 is 43.0 Å². The first kappa shape index (κ1) is 57.7. The van der Waals surface area contributed by atoms with Gasteiger partial charge in [0.05, 0.1) is 12.6 Å².